The molecule has 4 aliphatic rings. The topological polar surface area (TPSA) is 29.1 Å². The van der Waals surface area contributed by atoms with Crippen molar-refractivity contribution in [3.63, 3.8) is 0 Å². The molecule has 0 heterocycles. The van der Waals surface area contributed by atoms with Gasteiger partial charge >= 0.3 is 0 Å². The molecule has 5 rings (SSSR count). The van der Waals surface area contributed by atoms with Crippen LogP contribution < -0.4 is 5.32 Å². The van der Waals surface area contributed by atoms with Crippen LogP contribution in [0.15, 0.2) is 18.2 Å². The number of amides is 1. The lowest BCUT2D eigenvalue weighted by Gasteiger charge is -2.55. The number of hydrogen-bond acceptors (Lipinski definition) is 1. The van der Waals surface area contributed by atoms with Gasteiger partial charge in [0.25, 0.3) is 0 Å². The standard InChI is InChI=1S/C17H19ClINO/c18-13-1-2-15(14(19)6-13)20-16(21)17-7-10-3-11(8-17)5-12(4-10)9-17/h1-2,6,10-12H,3-5,7-9H2,(H,20,21). The number of hydrogen-bond donors (Lipinski definition) is 1. The first-order valence-corrected chi connectivity index (χ1v) is 9.26. The Labute approximate surface area is 144 Å². The highest BCUT2D eigenvalue weighted by atomic mass is 127. The van der Waals surface area contributed by atoms with Crippen molar-refractivity contribution < 1.29 is 4.79 Å². The lowest BCUT2D eigenvalue weighted by atomic mass is 9.49. The predicted molar refractivity (Wildman–Crippen MR) is 93.4 cm³/mol. The third-order valence-corrected chi connectivity index (χ3v) is 6.83. The zero-order chi connectivity index (χ0) is 14.6. The van der Waals surface area contributed by atoms with Crippen molar-refractivity contribution in [2.24, 2.45) is 23.2 Å². The highest BCUT2D eigenvalue weighted by molar-refractivity contribution is 14.1. The Bertz CT molecular complexity index is 565. The maximum absolute atomic E-state index is 13.0. The maximum Gasteiger partial charge on any atom is 0.230 e. The molecule has 0 saturated heterocycles. The lowest BCUT2D eigenvalue weighted by molar-refractivity contribution is -0.140. The Hall–Kier alpha value is -0.290. The second kappa shape index (κ2) is 5.12. The predicted octanol–water partition coefficient (Wildman–Crippen LogP) is 5.10. The number of carbonyl (C=O) groups excluding carboxylic acids is 1. The van der Waals surface area contributed by atoms with E-state index in [1.165, 1.54) is 19.3 Å². The fraction of sp³-hybridized carbons (Fsp3) is 0.588. The SMILES string of the molecule is O=C(Nc1ccc(Cl)cc1I)C12CC3CC(CC(C3)C1)C2. The molecule has 4 bridgehead atoms. The molecule has 1 aromatic carbocycles. The first-order chi connectivity index (χ1) is 10.0. The summed E-state index contributed by atoms with van der Waals surface area (Å²) in [7, 11) is 0. The summed E-state index contributed by atoms with van der Waals surface area (Å²) in [4.78, 5) is 13.0. The van der Waals surface area contributed by atoms with E-state index in [1.807, 2.05) is 18.2 Å². The quantitative estimate of drug-likeness (QED) is 0.669. The molecule has 1 aromatic rings. The molecule has 1 N–H and O–H groups in total. The molecule has 4 heteroatoms. The van der Waals surface area contributed by atoms with E-state index in [2.05, 4.69) is 27.9 Å². The van der Waals surface area contributed by atoms with Gasteiger partial charge in [0.15, 0.2) is 0 Å². The second-order valence-electron chi connectivity index (χ2n) is 7.28. The van der Waals surface area contributed by atoms with Gasteiger partial charge < -0.3 is 5.32 Å². The van der Waals surface area contributed by atoms with Crippen molar-refractivity contribution in [2.75, 3.05) is 5.32 Å². The van der Waals surface area contributed by atoms with Crippen LogP contribution in [0.4, 0.5) is 5.69 Å². The van der Waals surface area contributed by atoms with Crippen molar-refractivity contribution >= 4 is 45.8 Å². The summed E-state index contributed by atoms with van der Waals surface area (Å²) in [6.45, 7) is 0. The molecule has 0 unspecified atom stereocenters. The summed E-state index contributed by atoms with van der Waals surface area (Å²) >= 11 is 8.23. The normalized spacial score (nSPS) is 36.8. The summed E-state index contributed by atoms with van der Waals surface area (Å²) in [6, 6.07) is 5.67. The molecule has 4 aliphatic carbocycles. The summed E-state index contributed by atoms with van der Waals surface area (Å²) < 4.78 is 1.01. The minimum absolute atomic E-state index is 0.0858. The van der Waals surface area contributed by atoms with E-state index < -0.39 is 0 Å². The number of carbonyl (C=O) groups is 1. The molecule has 1 amide bonds. The van der Waals surface area contributed by atoms with Crippen LogP contribution in [0.2, 0.25) is 5.02 Å². The minimum atomic E-state index is -0.0858. The van der Waals surface area contributed by atoms with Gasteiger partial charge in [-0.05, 0) is 97.1 Å². The first-order valence-electron chi connectivity index (χ1n) is 7.81. The largest absolute Gasteiger partial charge is 0.325 e. The van der Waals surface area contributed by atoms with Crippen molar-refractivity contribution in [3.8, 4) is 0 Å². The van der Waals surface area contributed by atoms with E-state index >= 15 is 0 Å². The molecule has 0 spiro atoms. The van der Waals surface area contributed by atoms with Crippen LogP contribution >= 0.6 is 34.2 Å². The average molecular weight is 416 g/mol. The number of rotatable bonds is 2. The number of halogens is 2. The highest BCUT2D eigenvalue weighted by Crippen LogP contribution is 2.60. The Kier molecular flexibility index (Phi) is 3.49. The van der Waals surface area contributed by atoms with Gasteiger partial charge in [0, 0.05) is 8.59 Å². The van der Waals surface area contributed by atoms with Gasteiger partial charge in [0.1, 0.15) is 0 Å². The molecule has 0 atom stereocenters. The third kappa shape index (κ3) is 2.50. The highest BCUT2D eigenvalue weighted by Gasteiger charge is 2.54. The summed E-state index contributed by atoms with van der Waals surface area (Å²) in [5, 5.41) is 3.90. The molecule has 4 saturated carbocycles. The van der Waals surface area contributed by atoms with E-state index in [0.29, 0.717) is 5.02 Å². The van der Waals surface area contributed by atoms with Crippen molar-refractivity contribution in [2.45, 2.75) is 38.5 Å². The van der Waals surface area contributed by atoms with E-state index in [4.69, 9.17) is 11.6 Å². The monoisotopic (exact) mass is 415 g/mol. The molecule has 2 nitrogen and oxygen atoms in total. The number of anilines is 1. The molecule has 0 aliphatic heterocycles. The fourth-order valence-corrected chi connectivity index (χ4v) is 6.24. The summed E-state index contributed by atoms with van der Waals surface area (Å²) in [5.41, 5.74) is 0.818. The number of benzene rings is 1. The van der Waals surface area contributed by atoms with Gasteiger partial charge in [0.05, 0.1) is 11.1 Å². The Morgan fingerprint density at radius 3 is 2.24 bits per heavy atom. The van der Waals surface area contributed by atoms with E-state index in [-0.39, 0.29) is 11.3 Å². The second-order valence-corrected chi connectivity index (χ2v) is 8.87. The third-order valence-electron chi connectivity index (χ3n) is 5.70. The average Bonchev–Trinajstić information content (AvgIpc) is 2.40. The zero-order valence-electron chi connectivity index (χ0n) is 11.9. The van der Waals surface area contributed by atoms with Crippen LogP contribution in [0.3, 0.4) is 0 Å². The van der Waals surface area contributed by atoms with Crippen LogP contribution in [-0.2, 0) is 4.79 Å². The summed E-state index contributed by atoms with van der Waals surface area (Å²) in [6.07, 6.45) is 7.42. The van der Waals surface area contributed by atoms with Crippen LogP contribution in [0.5, 0.6) is 0 Å². The van der Waals surface area contributed by atoms with Gasteiger partial charge in [-0.1, -0.05) is 11.6 Å². The molecule has 0 radical (unpaired) electrons. The smallest absolute Gasteiger partial charge is 0.230 e. The molecule has 4 fully saturated rings. The van der Waals surface area contributed by atoms with Crippen LogP contribution in [-0.4, -0.2) is 5.91 Å². The molecular formula is C17H19ClINO. The van der Waals surface area contributed by atoms with Gasteiger partial charge in [-0.15, -0.1) is 0 Å². The van der Waals surface area contributed by atoms with Crippen LogP contribution in [0.1, 0.15) is 38.5 Å². The lowest BCUT2D eigenvalue weighted by Crippen LogP contribution is -2.51. The molecule has 112 valence electrons. The number of nitrogens with one attached hydrogen (secondary N) is 1. The van der Waals surface area contributed by atoms with Crippen LogP contribution in [0, 0.1) is 26.7 Å². The molecule has 0 aromatic heterocycles. The summed E-state index contributed by atoms with van der Waals surface area (Å²) in [5.74, 6) is 2.64. The Morgan fingerprint density at radius 1 is 1.14 bits per heavy atom. The van der Waals surface area contributed by atoms with E-state index in [0.717, 1.165) is 46.3 Å². The van der Waals surface area contributed by atoms with Crippen molar-refractivity contribution in [3.05, 3.63) is 26.8 Å². The molecular weight excluding hydrogens is 397 g/mol. The zero-order valence-corrected chi connectivity index (χ0v) is 14.8. The Balaban J connectivity index is 1.57. The van der Waals surface area contributed by atoms with E-state index in [1.54, 1.807) is 0 Å². The van der Waals surface area contributed by atoms with Crippen molar-refractivity contribution in [1.29, 1.82) is 0 Å². The van der Waals surface area contributed by atoms with Gasteiger partial charge in [-0.3, -0.25) is 4.79 Å². The van der Waals surface area contributed by atoms with Crippen molar-refractivity contribution in [1.82, 2.24) is 0 Å². The molecule has 21 heavy (non-hydrogen) atoms. The maximum atomic E-state index is 13.0. The Morgan fingerprint density at radius 2 is 1.71 bits per heavy atom. The fourth-order valence-electron chi connectivity index (χ4n) is 5.23. The van der Waals surface area contributed by atoms with Gasteiger partial charge in [0.2, 0.25) is 5.91 Å². The van der Waals surface area contributed by atoms with Crippen LogP contribution in [0.25, 0.3) is 0 Å². The van der Waals surface area contributed by atoms with Gasteiger partial charge in [-0.25, -0.2) is 0 Å². The van der Waals surface area contributed by atoms with E-state index in [9.17, 15) is 4.79 Å². The first kappa shape index (κ1) is 14.3. The van der Waals surface area contributed by atoms with Gasteiger partial charge in [-0.2, -0.15) is 0 Å². The minimum Gasteiger partial charge on any atom is -0.325 e.